The highest BCUT2D eigenvalue weighted by Crippen LogP contribution is 2.23. The standard InChI is InChI=1S/C13H17BrFNOS/c1-8-10(6-7-11(14)12(8)15)9(2)16-18(17)13(3,4)5/h6-7H,1-5H3/b16-9+/t18-/m1/s1. The zero-order valence-corrected chi connectivity index (χ0v) is 13.6. The second-order valence-corrected chi connectivity index (χ2v) is 7.83. The van der Waals surface area contributed by atoms with E-state index in [1.54, 1.807) is 26.0 Å². The molecule has 0 bridgehead atoms. The van der Waals surface area contributed by atoms with Gasteiger partial charge in [-0.2, -0.15) is 4.40 Å². The lowest BCUT2D eigenvalue weighted by atomic mass is 10.1. The predicted octanol–water partition coefficient (Wildman–Crippen LogP) is 4.17. The number of nitrogens with zero attached hydrogens (tertiary/aromatic N) is 1. The normalized spacial score (nSPS) is 14.7. The van der Waals surface area contributed by atoms with Crippen molar-refractivity contribution in [2.75, 3.05) is 0 Å². The Labute approximate surface area is 118 Å². The molecule has 18 heavy (non-hydrogen) atoms. The summed E-state index contributed by atoms with van der Waals surface area (Å²) in [6, 6.07) is 3.41. The Hall–Kier alpha value is -0.550. The van der Waals surface area contributed by atoms with E-state index in [2.05, 4.69) is 20.3 Å². The van der Waals surface area contributed by atoms with Crippen LogP contribution in [0, 0.1) is 12.7 Å². The third-order valence-corrected chi connectivity index (χ3v) is 4.57. The molecule has 5 heteroatoms. The molecule has 1 rings (SSSR count). The first-order valence-electron chi connectivity index (χ1n) is 5.57. The molecule has 0 aliphatic carbocycles. The van der Waals surface area contributed by atoms with Crippen LogP contribution in [0.1, 0.15) is 38.8 Å². The van der Waals surface area contributed by atoms with E-state index in [-0.39, 0.29) is 5.82 Å². The van der Waals surface area contributed by atoms with Crippen molar-refractivity contribution < 1.29 is 8.60 Å². The van der Waals surface area contributed by atoms with Gasteiger partial charge in [-0.3, -0.25) is 0 Å². The maximum absolute atomic E-state index is 13.7. The topological polar surface area (TPSA) is 29.4 Å². The minimum absolute atomic E-state index is 0.302. The zero-order valence-electron chi connectivity index (χ0n) is 11.2. The quantitative estimate of drug-likeness (QED) is 0.747. The van der Waals surface area contributed by atoms with Crippen molar-refractivity contribution in [2.45, 2.75) is 39.4 Å². The summed E-state index contributed by atoms with van der Waals surface area (Å²) < 4.78 is 29.8. The van der Waals surface area contributed by atoms with Crippen LogP contribution in [-0.4, -0.2) is 14.7 Å². The van der Waals surface area contributed by atoms with Gasteiger partial charge in [0.05, 0.1) is 14.9 Å². The predicted molar refractivity (Wildman–Crippen MR) is 78.9 cm³/mol. The van der Waals surface area contributed by atoms with Crippen LogP contribution in [0.25, 0.3) is 0 Å². The van der Waals surface area contributed by atoms with Crippen LogP contribution >= 0.6 is 15.9 Å². The Morgan fingerprint density at radius 1 is 1.39 bits per heavy atom. The van der Waals surface area contributed by atoms with Crippen molar-refractivity contribution in [2.24, 2.45) is 4.40 Å². The SMILES string of the molecule is C/C(=N\[S@](=O)C(C)(C)C)c1ccc(Br)c(F)c1C. The molecule has 1 atom stereocenters. The molecule has 0 radical (unpaired) electrons. The molecule has 0 unspecified atom stereocenters. The summed E-state index contributed by atoms with van der Waals surface area (Å²) in [6.45, 7) is 9.01. The van der Waals surface area contributed by atoms with Crippen LogP contribution in [0.5, 0.6) is 0 Å². The molecule has 0 aromatic heterocycles. The molecule has 2 nitrogen and oxygen atoms in total. The molecule has 0 saturated carbocycles. The lowest BCUT2D eigenvalue weighted by molar-refractivity contribution is 0.611. The molecular weight excluding hydrogens is 317 g/mol. The van der Waals surface area contributed by atoms with Crippen molar-refractivity contribution in [3.63, 3.8) is 0 Å². The minimum Gasteiger partial charge on any atom is -0.234 e. The first-order valence-corrected chi connectivity index (χ1v) is 7.47. The molecule has 0 saturated heterocycles. The van der Waals surface area contributed by atoms with E-state index in [9.17, 15) is 8.60 Å². The van der Waals surface area contributed by atoms with Gasteiger partial charge >= 0.3 is 0 Å². The van der Waals surface area contributed by atoms with Gasteiger partial charge in [0.1, 0.15) is 16.8 Å². The van der Waals surface area contributed by atoms with Crippen LogP contribution in [0.3, 0.4) is 0 Å². The summed E-state index contributed by atoms with van der Waals surface area (Å²) in [5.74, 6) is -0.302. The van der Waals surface area contributed by atoms with E-state index in [4.69, 9.17) is 0 Å². The highest BCUT2D eigenvalue weighted by Gasteiger charge is 2.20. The van der Waals surface area contributed by atoms with E-state index in [0.29, 0.717) is 21.3 Å². The van der Waals surface area contributed by atoms with Gasteiger partial charge in [0.15, 0.2) is 0 Å². The second-order valence-electron chi connectivity index (χ2n) is 5.07. The first kappa shape index (κ1) is 15.5. The highest BCUT2D eigenvalue weighted by atomic mass is 79.9. The molecule has 0 amide bonds. The second kappa shape index (κ2) is 5.61. The molecule has 0 aliphatic rings. The molecular formula is C13H17BrFNOS. The van der Waals surface area contributed by atoms with Crippen LogP contribution in [0.15, 0.2) is 21.0 Å². The van der Waals surface area contributed by atoms with Crippen molar-refractivity contribution >= 4 is 32.6 Å². The molecule has 100 valence electrons. The van der Waals surface area contributed by atoms with Crippen LogP contribution in [-0.2, 0) is 11.0 Å². The first-order chi connectivity index (χ1) is 8.14. The van der Waals surface area contributed by atoms with Gasteiger partial charge in [-0.1, -0.05) is 6.07 Å². The molecule has 0 N–H and O–H groups in total. The van der Waals surface area contributed by atoms with Crippen LogP contribution in [0.2, 0.25) is 0 Å². The van der Waals surface area contributed by atoms with Gasteiger partial charge in [0.25, 0.3) is 0 Å². The smallest absolute Gasteiger partial charge is 0.145 e. The monoisotopic (exact) mass is 333 g/mol. The zero-order chi connectivity index (χ0) is 14.1. The Morgan fingerprint density at radius 2 is 1.94 bits per heavy atom. The van der Waals surface area contributed by atoms with Crippen LogP contribution in [0.4, 0.5) is 4.39 Å². The van der Waals surface area contributed by atoms with Crippen molar-refractivity contribution in [1.82, 2.24) is 0 Å². The molecule has 1 aromatic carbocycles. The number of benzene rings is 1. The van der Waals surface area contributed by atoms with Crippen LogP contribution < -0.4 is 0 Å². The molecule has 0 fully saturated rings. The number of hydrogen-bond acceptors (Lipinski definition) is 1. The summed E-state index contributed by atoms with van der Waals surface area (Å²) in [7, 11) is -1.33. The number of hydrogen-bond donors (Lipinski definition) is 0. The van der Waals surface area contributed by atoms with E-state index >= 15 is 0 Å². The Kier molecular flexibility index (Phi) is 4.84. The Morgan fingerprint density at radius 3 is 2.44 bits per heavy atom. The van der Waals surface area contributed by atoms with Gasteiger partial charge in [0, 0.05) is 5.56 Å². The lowest BCUT2D eigenvalue weighted by Gasteiger charge is -2.15. The van der Waals surface area contributed by atoms with Gasteiger partial charge in [-0.05, 0) is 62.2 Å². The van der Waals surface area contributed by atoms with Gasteiger partial charge in [-0.15, -0.1) is 0 Å². The van der Waals surface area contributed by atoms with Gasteiger partial charge in [-0.25, -0.2) is 8.60 Å². The molecule has 0 heterocycles. The molecule has 0 spiro atoms. The summed E-state index contributed by atoms with van der Waals surface area (Å²) in [6.07, 6.45) is 0. The summed E-state index contributed by atoms with van der Waals surface area (Å²) in [4.78, 5) is 0. The third-order valence-electron chi connectivity index (χ3n) is 2.47. The average molecular weight is 334 g/mol. The maximum Gasteiger partial charge on any atom is 0.145 e. The van der Waals surface area contributed by atoms with Crippen molar-refractivity contribution in [1.29, 1.82) is 0 Å². The molecule has 0 aliphatic heterocycles. The largest absolute Gasteiger partial charge is 0.234 e. The summed E-state index contributed by atoms with van der Waals surface area (Å²) >= 11 is 3.14. The summed E-state index contributed by atoms with van der Waals surface area (Å²) in [5.41, 5.74) is 1.79. The highest BCUT2D eigenvalue weighted by molar-refractivity contribution is 9.10. The maximum atomic E-state index is 13.7. The number of rotatable bonds is 2. The Balaban J connectivity index is 3.20. The van der Waals surface area contributed by atoms with Crippen molar-refractivity contribution in [3.8, 4) is 0 Å². The summed E-state index contributed by atoms with van der Waals surface area (Å²) in [5, 5.41) is 0. The number of halogens is 2. The van der Waals surface area contributed by atoms with E-state index < -0.39 is 15.7 Å². The van der Waals surface area contributed by atoms with Gasteiger partial charge < -0.3 is 0 Å². The molecule has 1 aromatic rings. The fourth-order valence-electron chi connectivity index (χ4n) is 1.35. The van der Waals surface area contributed by atoms with E-state index in [0.717, 1.165) is 0 Å². The fraction of sp³-hybridized carbons (Fsp3) is 0.462. The average Bonchev–Trinajstić information content (AvgIpc) is 2.24. The van der Waals surface area contributed by atoms with E-state index in [1.165, 1.54) is 0 Å². The lowest BCUT2D eigenvalue weighted by Crippen LogP contribution is -2.20. The Bertz CT molecular complexity index is 520. The third kappa shape index (κ3) is 3.48. The fourth-order valence-corrected chi connectivity index (χ4v) is 2.40. The minimum atomic E-state index is -1.33. The van der Waals surface area contributed by atoms with Crippen molar-refractivity contribution in [3.05, 3.63) is 33.5 Å². The van der Waals surface area contributed by atoms with E-state index in [1.807, 2.05) is 20.8 Å². The van der Waals surface area contributed by atoms with Gasteiger partial charge in [0.2, 0.25) is 0 Å².